The van der Waals surface area contributed by atoms with E-state index in [-0.39, 0.29) is 30.2 Å². The van der Waals surface area contributed by atoms with Gasteiger partial charge in [-0.1, -0.05) is 56.3 Å². The van der Waals surface area contributed by atoms with Crippen molar-refractivity contribution in [2.45, 2.75) is 39.3 Å². The van der Waals surface area contributed by atoms with Gasteiger partial charge in [0.2, 0.25) is 11.8 Å². The van der Waals surface area contributed by atoms with Gasteiger partial charge < -0.3 is 15.2 Å². The van der Waals surface area contributed by atoms with Crippen molar-refractivity contribution in [3.63, 3.8) is 0 Å². The number of benzene rings is 2. The van der Waals surface area contributed by atoms with E-state index in [4.69, 9.17) is 0 Å². The number of hydrogen-bond acceptors (Lipinski definition) is 3. The lowest BCUT2D eigenvalue weighted by molar-refractivity contribution is -0.129. The fraction of sp³-hybridized carbons (Fsp3) is 0.375. The summed E-state index contributed by atoms with van der Waals surface area (Å²) in [6.07, 6.45) is 1.03. The number of para-hydroxylation sites is 2. The third-order valence-corrected chi connectivity index (χ3v) is 5.56. The molecule has 1 aliphatic heterocycles. The zero-order valence-electron chi connectivity index (χ0n) is 17.5. The molecule has 1 fully saturated rings. The molecule has 0 spiro atoms. The summed E-state index contributed by atoms with van der Waals surface area (Å²) < 4.78 is 0. The van der Waals surface area contributed by atoms with Crippen LogP contribution in [0.4, 0.5) is 0 Å². The van der Waals surface area contributed by atoms with Gasteiger partial charge in [-0.25, -0.2) is 4.98 Å². The smallest absolute Gasteiger partial charge is 0.226 e. The molecule has 2 heterocycles. The van der Waals surface area contributed by atoms with Crippen molar-refractivity contribution < 1.29 is 9.59 Å². The molecule has 2 N–H and O–H groups in total. The second kappa shape index (κ2) is 8.69. The minimum Gasteiger partial charge on any atom is -0.346 e. The Morgan fingerprint density at radius 1 is 1.17 bits per heavy atom. The molecule has 1 saturated heterocycles. The van der Waals surface area contributed by atoms with Gasteiger partial charge in [0.15, 0.2) is 0 Å². The van der Waals surface area contributed by atoms with Gasteiger partial charge in [-0.3, -0.25) is 9.59 Å². The van der Waals surface area contributed by atoms with E-state index < -0.39 is 0 Å². The normalized spacial score (nSPS) is 17.6. The highest BCUT2D eigenvalue weighted by atomic mass is 16.2. The van der Waals surface area contributed by atoms with Crippen LogP contribution in [0.15, 0.2) is 54.6 Å². The van der Waals surface area contributed by atoms with Crippen LogP contribution < -0.4 is 5.32 Å². The van der Waals surface area contributed by atoms with Gasteiger partial charge in [0.05, 0.1) is 23.0 Å². The van der Waals surface area contributed by atoms with Crippen molar-refractivity contribution in [3.05, 3.63) is 66.0 Å². The highest BCUT2D eigenvalue weighted by Gasteiger charge is 2.35. The molecule has 0 bridgehead atoms. The van der Waals surface area contributed by atoms with E-state index >= 15 is 0 Å². The first-order chi connectivity index (χ1) is 14.5. The maximum Gasteiger partial charge on any atom is 0.226 e. The maximum absolute atomic E-state index is 13.0. The third-order valence-electron chi connectivity index (χ3n) is 5.56. The minimum absolute atomic E-state index is 0.0307. The zero-order valence-corrected chi connectivity index (χ0v) is 17.5. The van der Waals surface area contributed by atoms with Gasteiger partial charge in [-0.2, -0.15) is 0 Å². The number of fused-ring (bicyclic) bond motifs is 1. The molecule has 6 nitrogen and oxygen atoms in total. The summed E-state index contributed by atoms with van der Waals surface area (Å²) >= 11 is 0. The molecule has 0 radical (unpaired) electrons. The first kappa shape index (κ1) is 20.1. The number of rotatable bonds is 7. The van der Waals surface area contributed by atoms with E-state index in [1.165, 1.54) is 0 Å². The van der Waals surface area contributed by atoms with Crippen LogP contribution in [-0.4, -0.2) is 33.2 Å². The van der Waals surface area contributed by atoms with E-state index in [1.807, 2.05) is 54.6 Å². The first-order valence-corrected chi connectivity index (χ1v) is 10.6. The molecular formula is C24H28N4O2. The van der Waals surface area contributed by atoms with Gasteiger partial charge >= 0.3 is 0 Å². The Balaban J connectivity index is 1.45. The number of amides is 2. The van der Waals surface area contributed by atoms with Crippen LogP contribution in [0, 0.1) is 11.8 Å². The van der Waals surface area contributed by atoms with Crippen LogP contribution in [0.2, 0.25) is 0 Å². The molecule has 156 valence electrons. The summed E-state index contributed by atoms with van der Waals surface area (Å²) in [5, 5.41) is 3.16. The van der Waals surface area contributed by atoms with Crippen molar-refractivity contribution in [1.29, 1.82) is 0 Å². The molecule has 0 unspecified atom stereocenters. The number of nitrogens with zero attached hydrogens (tertiary/aromatic N) is 2. The first-order valence-electron chi connectivity index (χ1n) is 10.6. The van der Waals surface area contributed by atoms with Crippen LogP contribution in [0.5, 0.6) is 0 Å². The second-order valence-corrected chi connectivity index (χ2v) is 8.49. The molecular weight excluding hydrogens is 376 g/mol. The summed E-state index contributed by atoms with van der Waals surface area (Å²) in [4.78, 5) is 35.3. The minimum atomic E-state index is -0.333. The van der Waals surface area contributed by atoms with E-state index in [0.29, 0.717) is 19.0 Å². The Kier molecular flexibility index (Phi) is 5.84. The maximum atomic E-state index is 13.0. The fourth-order valence-electron chi connectivity index (χ4n) is 4.04. The topological polar surface area (TPSA) is 78.1 Å². The molecule has 2 aromatic carbocycles. The molecule has 2 atom stereocenters. The Hall–Kier alpha value is -3.15. The SMILES string of the molecule is CC(C)C[C@@H](NC(=O)[C@@H]1CC(=O)N(Cc2ccccc2)C1)c1nc2ccccc2[nH]1. The number of carbonyl (C=O) groups excluding carboxylic acids is 2. The summed E-state index contributed by atoms with van der Waals surface area (Å²) in [5.74, 6) is 0.778. The highest BCUT2D eigenvalue weighted by Crippen LogP contribution is 2.25. The number of aromatic nitrogens is 2. The predicted molar refractivity (Wildman–Crippen MR) is 116 cm³/mol. The second-order valence-electron chi connectivity index (χ2n) is 8.49. The zero-order chi connectivity index (χ0) is 21.1. The number of carbonyl (C=O) groups is 2. The summed E-state index contributed by atoms with van der Waals surface area (Å²) in [5.41, 5.74) is 2.92. The van der Waals surface area contributed by atoms with Crippen LogP contribution in [0.3, 0.4) is 0 Å². The Bertz CT molecular complexity index is 995. The fourth-order valence-corrected chi connectivity index (χ4v) is 4.04. The lowest BCUT2D eigenvalue weighted by atomic mass is 10.0. The summed E-state index contributed by atoms with van der Waals surface area (Å²) in [6.45, 7) is 5.25. The quantitative estimate of drug-likeness (QED) is 0.628. The number of aromatic amines is 1. The molecule has 30 heavy (non-hydrogen) atoms. The van der Waals surface area contributed by atoms with E-state index in [1.54, 1.807) is 4.90 Å². The van der Waals surface area contributed by atoms with Gasteiger partial charge in [0.1, 0.15) is 5.82 Å². The van der Waals surface area contributed by atoms with Gasteiger partial charge in [-0.15, -0.1) is 0 Å². The van der Waals surface area contributed by atoms with Crippen LogP contribution >= 0.6 is 0 Å². The lowest BCUT2D eigenvalue weighted by Gasteiger charge is -2.21. The lowest BCUT2D eigenvalue weighted by Crippen LogP contribution is -2.36. The van der Waals surface area contributed by atoms with E-state index in [9.17, 15) is 9.59 Å². The molecule has 1 aliphatic rings. The highest BCUT2D eigenvalue weighted by molar-refractivity contribution is 5.89. The average Bonchev–Trinajstić information content (AvgIpc) is 3.32. The Morgan fingerprint density at radius 2 is 1.90 bits per heavy atom. The predicted octanol–water partition coefficient (Wildman–Crippen LogP) is 3.82. The van der Waals surface area contributed by atoms with E-state index in [0.717, 1.165) is 28.8 Å². The van der Waals surface area contributed by atoms with Gasteiger partial charge in [-0.05, 0) is 30.0 Å². The Morgan fingerprint density at radius 3 is 2.63 bits per heavy atom. The number of H-pyrrole nitrogens is 1. The molecule has 0 aliphatic carbocycles. The monoisotopic (exact) mass is 404 g/mol. The summed E-state index contributed by atoms with van der Waals surface area (Å²) in [7, 11) is 0. The van der Waals surface area contributed by atoms with Crippen molar-refractivity contribution >= 4 is 22.8 Å². The van der Waals surface area contributed by atoms with Crippen molar-refractivity contribution in [3.8, 4) is 0 Å². The molecule has 0 saturated carbocycles. The van der Waals surface area contributed by atoms with Crippen LogP contribution in [0.1, 0.15) is 44.1 Å². The average molecular weight is 405 g/mol. The van der Waals surface area contributed by atoms with Gasteiger partial charge in [0, 0.05) is 19.5 Å². The van der Waals surface area contributed by atoms with Crippen molar-refractivity contribution in [2.75, 3.05) is 6.54 Å². The third kappa shape index (κ3) is 4.53. The van der Waals surface area contributed by atoms with Crippen LogP contribution in [-0.2, 0) is 16.1 Å². The number of nitrogens with one attached hydrogen (secondary N) is 2. The number of imidazole rings is 1. The molecule has 4 rings (SSSR count). The van der Waals surface area contributed by atoms with Gasteiger partial charge in [0.25, 0.3) is 0 Å². The van der Waals surface area contributed by atoms with Crippen LogP contribution in [0.25, 0.3) is 11.0 Å². The van der Waals surface area contributed by atoms with E-state index in [2.05, 4.69) is 29.1 Å². The molecule has 2 amide bonds. The van der Waals surface area contributed by atoms with Crippen molar-refractivity contribution in [1.82, 2.24) is 20.2 Å². The number of likely N-dealkylation sites (tertiary alicyclic amines) is 1. The molecule has 1 aromatic heterocycles. The van der Waals surface area contributed by atoms with Crippen molar-refractivity contribution in [2.24, 2.45) is 11.8 Å². The standard InChI is InChI=1S/C24H28N4O2/c1-16(2)12-21(23-25-19-10-6-7-11-20(19)26-23)27-24(30)18-13-22(29)28(15-18)14-17-8-4-3-5-9-17/h3-11,16,18,21H,12-15H2,1-2H3,(H,25,26)(H,27,30)/t18-,21-/m1/s1. The molecule has 3 aromatic rings. The Labute approximate surface area is 176 Å². The number of hydrogen-bond donors (Lipinski definition) is 2. The largest absolute Gasteiger partial charge is 0.346 e. The summed E-state index contributed by atoms with van der Waals surface area (Å²) in [6, 6.07) is 17.5. The molecule has 6 heteroatoms.